The highest BCUT2D eigenvalue weighted by molar-refractivity contribution is 8.04. The summed E-state index contributed by atoms with van der Waals surface area (Å²) < 4.78 is 0. The average molecular weight is 354 g/mol. The van der Waals surface area contributed by atoms with E-state index in [2.05, 4.69) is 4.98 Å². The number of rotatable bonds is 5. The zero-order valence-electron chi connectivity index (χ0n) is 13.1. The van der Waals surface area contributed by atoms with Gasteiger partial charge < -0.3 is 4.98 Å². The molecule has 0 amide bonds. The molecule has 24 heavy (non-hydrogen) atoms. The molecule has 0 fully saturated rings. The van der Waals surface area contributed by atoms with Crippen LogP contribution in [0, 0.1) is 6.92 Å². The normalized spacial score (nSPS) is 11.5. The molecule has 0 spiro atoms. The van der Waals surface area contributed by atoms with Crippen molar-refractivity contribution < 1.29 is 4.79 Å². The first-order chi connectivity index (χ1) is 11.6. The molecule has 0 unspecified atom stereocenters. The number of aryl methyl sites for hydroxylation is 1. The molecule has 0 aliphatic rings. The Balaban J connectivity index is 1.94. The lowest BCUT2D eigenvalue weighted by Crippen LogP contribution is -2.01. The molecule has 0 bridgehead atoms. The fraction of sp³-hybridized carbons (Fsp3) is 0.0500. The number of carbonyl (C=O) groups excluding carboxylic acids is 1. The Kier molecular flexibility index (Phi) is 5.24. The molecule has 4 heteroatoms. The van der Waals surface area contributed by atoms with Crippen molar-refractivity contribution in [3.8, 4) is 0 Å². The first kappa shape index (κ1) is 16.6. The van der Waals surface area contributed by atoms with Crippen LogP contribution in [0.2, 0.25) is 5.02 Å². The number of hydrogen-bond acceptors (Lipinski definition) is 2. The number of carbonyl (C=O) groups is 1. The average Bonchev–Trinajstić information content (AvgIpc) is 3.09. The predicted molar refractivity (Wildman–Crippen MR) is 102 cm³/mol. The van der Waals surface area contributed by atoms with Crippen LogP contribution in [-0.2, 0) is 0 Å². The van der Waals surface area contributed by atoms with Crippen molar-refractivity contribution in [2.24, 2.45) is 0 Å². The lowest BCUT2D eigenvalue weighted by atomic mass is 10.1. The number of halogens is 1. The summed E-state index contributed by atoms with van der Waals surface area (Å²) in [6, 6.07) is 19.0. The highest BCUT2D eigenvalue weighted by Crippen LogP contribution is 2.31. The van der Waals surface area contributed by atoms with E-state index in [0.29, 0.717) is 15.5 Å². The Morgan fingerprint density at radius 3 is 2.38 bits per heavy atom. The topological polar surface area (TPSA) is 32.9 Å². The van der Waals surface area contributed by atoms with Gasteiger partial charge in [-0.1, -0.05) is 41.1 Å². The minimum atomic E-state index is -0.0214. The number of H-pyrrole nitrogens is 1. The van der Waals surface area contributed by atoms with Crippen molar-refractivity contribution in [1.82, 2.24) is 4.98 Å². The molecule has 120 valence electrons. The Morgan fingerprint density at radius 2 is 1.75 bits per heavy atom. The standard InChI is InChI=1S/C20H16ClNOS/c1-14-4-10-18(11-5-14)24-19(13-17-3-2-12-22-17)20(23)15-6-8-16(21)9-7-15/h2-13,22H,1H3/b19-13+. The van der Waals surface area contributed by atoms with Gasteiger partial charge in [0.1, 0.15) is 0 Å². The van der Waals surface area contributed by atoms with Gasteiger partial charge in [-0.3, -0.25) is 4.79 Å². The molecule has 0 saturated heterocycles. The van der Waals surface area contributed by atoms with Crippen molar-refractivity contribution >= 4 is 35.2 Å². The van der Waals surface area contributed by atoms with E-state index in [9.17, 15) is 4.79 Å². The van der Waals surface area contributed by atoms with E-state index in [4.69, 9.17) is 11.6 Å². The number of ketones is 1. The fourth-order valence-corrected chi connectivity index (χ4v) is 3.24. The van der Waals surface area contributed by atoms with Crippen molar-refractivity contribution in [2.45, 2.75) is 11.8 Å². The summed E-state index contributed by atoms with van der Waals surface area (Å²) >= 11 is 7.38. The van der Waals surface area contributed by atoms with Crippen molar-refractivity contribution in [2.75, 3.05) is 0 Å². The molecule has 1 N–H and O–H groups in total. The van der Waals surface area contributed by atoms with Crippen molar-refractivity contribution in [3.63, 3.8) is 0 Å². The second-order valence-corrected chi connectivity index (χ2v) is 6.94. The smallest absolute Gasteiger partial charge is 0.199 e. The summed E-state index contributed by atoms with van der Waals surface area (Å²) in [5.74, 6) is -0.0214. The van der Waals surface area contributed by atoms with E-state index < -0.39 is 0 Å². The number of nitrogens with one attached hydrogen (secondary N) is 1. The summed E-state index contributed by atoms with van der Waals surface area (Å²) in [5, 5.41) is 0.618. The van der Waals surface area contributed by atoms with Crippen LogP contribution in [0.1, 0.15) is 21.6 Å². The molecule has 0 atom stereocenters. The van der Waals surface area contributed by atoms with Crippen molar-refractivity contribution in [3.05, 3.63) is 93.6 Å². The quantitative estimate of drug-likeness (QED) is 0.347. The number of Topliss-reactive ketones (excluding diaryl/α,β-unsaturated/α-hetero) is 1. The molecular formula is C20H16ClNOS. The van der Waals surface area contributed by atoms with Gasteiger partial charge in [0.2, 0.25) is 0 Å². The molecule has 0 radical (unpaired) electrons. The van der Waals surface area contributed by atoms with Gasteiger partial charge >= 0.3 is 0 Å². The number of thioether (sulfide) groups is 1. The van der Waals surface area contributed by atoms with Crippen LogP contribution in [0.5, 0.6) is 0 Å². The number of allylic oxidation sites excluding steroid dienone is 1. The Morgan fingerprint density at radius 1 is 1.04 bits per heavy atom. The monoisotopic (exact) mass is 353 g/mol. The highest BCUT2D eigenvalue weighted by Gasteiger charge is 2.14. The van der Waals surface area contributed by atoms with Gasteiger partial charge in [-0.15, -0.1) is 0 Å². The third kappa shape index (κ3) is 4.19. The molecular weight excluding hydrogens is 338 g/mol. The predicted octanol–water partition coefficient (Wildman–Crippen LogP) is 5.99. The fourth-order valence-electron chi connectivity index (χ4n) is 2.19. The number of aromatic nitrogens is 1. The van der Waals surface area contributed by atoms with Crippen LogP contribution < -0.4 is 0 Å². The van der Waals surface area contributed by atoms with Crippen LogP contribution >= 0.6 is 23.4 Å². The summed E-state index contributed by atoms with van der Waals surface area (Å²) in [4.78, 5) is 17.7. The second-order valence-electron chi connectivity index (χ2n) is 5.39. The Hall–Kier alpha value is -2.23. The van der Waals surface area contributed by atoms with Gasteiger partial charge in [0.15, 0.2) is 5.78 Å². The first-order valence-corrected chi connectivity index (χ1v) is 8.71. The molecule has 1 aromatic heterocycles. The maximum atomic E-state index is 12.9. The Bertz CT molecular complexity index is 850. The lowest BCUT2D eigenvalue weighted by molar-refractivity contribution is 0.104. The lowest BCUT2D eigenvalue weighted by Gasteiger charge is -2.07. The zero-order chi connectivity index (χ0) is 16.9. The van der Waals surface area contributed by atoms with Gasteiger partial charge in [0, 0.05) is 27.4 Å². The maximum absolute atomic E-state index is 12.9. The van der Waals surface area contributed by atoms with Gasteiger partial charge in [-0.2, -0.15) is 0 Å². The Labute approximate surface area is 150 Å². The first-order valence-electron chi connectivity index (χ1n) is 7.52. The van der Waals surface area contributed by atoms with E-state index in [1.54, 1.807) is 24.3 Å². The van der Waals surface area contributed by atoms with Crippen LogP contribution in [0.4, 0.5) is 0 Å². The van der Waals surface area contributed by atoms with E-state index in [0.717, 1.165) is 10.6 Å². The SMILES string of the molecule is Cc1ccc(S/C(=C/c2ccc[nH]2)C(=O)c2ccc(Cl)cc2)cc1. The van der Waals surface area contributed by atoms with Gasteiger partial charge in [-0.05, 0) is 61.5 Å². The second kappa shape index (κ2) is 7.56. The van der Waals surface area contributed by atoms with E-state index in [-0.39, 0.29) is 5.78 Å². The van der Waals surface area contributed by atoms with Crippen molar-refractivity contribution in [1.29, 1.82) is 0 Å². The van der Waals surface area contributed by atoms with Gasteiger partial charge in [0.05, 0.1) is 4.91 Å². The van der Waals surface area contributed by atoms with Gasteiger partial charge in [0.25, 0.3) is 0 Å². The van der Waals surface area contributed by atoms with Crippen LogP contribution in [0.25, 0.3) is 6.08 Å². The molecule has 3 rings (SSSR count). The van der Waals surface area contributed by atoms with Gasteiger partial charge in [-0.25, -0.2) is 0 Å². The molecule has 1 heterocycles. The van der Waals surface area contributed by atoms with E-state index in [1.165, 1.54) is 17.3 Å². The minimum Gasteiger partial charge on any atom is -0.362 e. The third-order valence-electron chi connectivity index (χ3n) is 3.49. The highest BCUT2D eigenvalue weighted by atomic mass is 35.5. The maximum Gasteiger partial charge on any atom is 0.199 e. The number of benzene rings is 2. The van der Waals surface area contributed by atoms with Crippen LogP contribution in [0.3, 0.4) is 0 Å². The summed E-state index contributed by atoms with van der Waals surface area (Å²) in [6.07, 6.45) is 3.72. The largest absolute Gasteiger partial charge is 0.362 e. The minimum absolute atomic E-state index is 0.0214. The molecule has 2 nitrogen and oxygen atoms in total. The van der Waals surface area contributed by atoms with E-state index >= 15 is 0 Å². The number of hydrogen-bond donors (Lipinski definition) is 1. The molecule has 3 aromatic rings. The molecule has 0 saturated carbocycles. The molecule has 2 aromatic carbocycles. The zero-order valence-corrected chi connectivity index (χ0v) is 14.7. The van der Waals surface area contributed by atoms with Crippen LogP contribution in [0.15, 0.2) is 76.7 Å². The van der Waals surface area contributed by atoms with E-state index in [1.807, 2.05) is 55.6 Å². The summed E-state index contributed by atoms with van der Waals surface area (Å²) in [7, 11) is 0. The molecule has 0 aliphatic carbocycles. The third-order valence-corrected chi connectivity index (χ3v) is 4.77. The summed E-state index contributed by atoms with van der Waals surface area (Å²) in [6.45, 7) is 2.04. The van der Waals surface area contributed by atoms with Crippen LogP contribution in [-0.4, -0.2) is 10.8 Å². The molecule has 0 aliphatic heterocycles. The summed E-state index contributed by atoms with van der Waals surface area (Å²) in [5.41, 5.74) is 2.71. The number of aromatic amines is 1.